The van der Waals surface area contributed by atoms with Crippen LogP contribution in [0.15, 0.2) is 0 Å². The molecule has 0 aromatic rings. The quantitative estimate of drug-likeness (QED) is 0.680. The maximum Gasteiger partial charge on any atom is 0.395 e. The second kappa shape index (κ2) is 8.52. The van der Waals surface area contributed by atoms with E-state index in [0.717, 1.165) is 0 Å². The first-order chi connectivity index (χ1) is 12.8. The van der Waals surface area contributed by atoms with Gasteiger partial charge in [-0.05, 0) is 53.4 Å². The van der Waals surface area contributed by atoms with E-state index in [1.54, 1.807) is 27.7 Å². The zero-order chi connectivity index (χ0) is 21.3. The predicted octanol–water partition coefficient (Wildman–Crippen LogP) is 2.40. The molecular formula is C18H28F4N2O4. The van der Waals surface area contributed by atoms with Crippen molar-refractivity contribution in [3.63, 3.8) is 0 Å². The zero-order valence-corrected chi connectivity index (χ0v) is 16.4. The maximum absolute atomic E-state index is 14.2. The van der Waals surface area contributed by atoms with E-state index in [0.29, 0.717) is 0 Å². The number of ether oxygens (including phenoxy) is 2. The monoisotopic (exact) mass is 412 g/mol. The Bertz CT molecular complexity index is 520. The van der Waals surface area contributed by atoms with Gasteiger partial charge in [0.1, 0.15) is 0 Å². The summed E-state index contributed by atoms with van der Waals surface area (Å²) in [5, 5.41) is 3.90. The molecule has 10 heteroatoms. The lowest BCUT2D eigenvalue weighted by Gasteiger charge is -2.35. The second-order valence-electron chi connectivity index (χ2n) is 7.95. The summed E-state index contributed by atoms with van der Waals surface area (Å²) in [6.07, 6.45) is -0.312. The second-order valence-corrected chi connectivity index (χ2v) is 7.95. The fourth-order valence-electron chi connectivity index (χ4n) is 3.88. The molecule has 2 saturated heterocycles. The standard InChI is InChI=1S/C18H28F4N2O4/c1-9-5-13(6-10(2)27-9)23-15(25)17(19,20)18(21,22)16(26)24-14-7-11(3)28-12(4)8-14/h9-14H,5-8H2,1-4H3,(H,23,25)(H,24,26). The van der Waals surface area contributed by atoms with Crippen LogP contribution in [0.4, 0.5) is 17.6 Å². The summed E-state index contributed by atoms with van der Waals surface area (Å²) in [7, 11) is 0. The first-order valence-corrected chi connectivity index (χ1v) is 9.51. The summed E-state index contributed by atoms with van der Waals surface area (Å²) in [6.45, 7) is 6.80. The van der Waals surface area contributed by atoms with E-state index in [1.165, 1.54) is 0 Å². The van der Waals surface area contributed by atoms with Crippen molar-refractivity contribution in [3.05, 3.63) is 0 Å². The van der Waals surface area contributed by atoms with Crippen molar-refractivity contribution in [2.45, 2.75) is 102 Å². The Morgan fingerprint density at radius 3 is 1.18 bits per heavy atom. The van der Waals surface area contributed by atoms with Gasteiger partial charge >= 0.3 is 11.8 Å². The van der Waals surface area contributed by atoms with E-state index in [9.17, 15) is 27.2 Å². The highest BCUT2D eigenvalue weighted by Crippen LogP contribution is 2.36. The summed E-state index contributed by atoms with van der Waals surface area (Å²) < 4.78 is 67.8. The van der Waals surface area contributed by atoms with Crippen LogP contribution in [0.1, 0.15) is 53.4 Å². The van der Waals surface area contributed by atoms with E-state index in [2.05, 4.69) is 0 Å². The summed E-state index contributed by atoms with van der Waals surface area (Å²) in [6, 6.07) is -1.46. The lowest BCUT2D eigenvalue weighted by atomic mass is 9.98. The van der Waals surface area contributed by atoms with Crippen molar-refractivity contribution in [1.29, 1.82) is 0 Å². The van der Waals surface area contributed by atoms with Crippen molar-refractivity contribution in [2.24, 2.45) is 0 Å². The first-order valence-electron chi connectivity index (χ1n) is 9.51. The van der Waals surface area contributed by atoms with Crippen molar-refractivity contribution >= 4 is 11.8 Å². The number of hydrogen-bond donors (Lipinski definition) is 2. The predicted molar refractivity (Wildman–Crippen MR) is 92.2 cm³/mol. The highest BCUT2D eigenvalue weighted by atomic mass is 19.3. The number of hydrogen-bond acceptors (Lipinski definition) is 4. The van der Waals surface area contributed by atoms with Crippen LogP contribution in [-0.2, 0) is 19.1 Å². The maximum atomic E-state index is 14.2. The molecule has 6 nitrogen and oxygen atoms in total. The molecule has 2 rings (SSSR count). The minimum absolute atomic E-state index is 0.224. The van der Waals surface area contributed by atoms with Crippen LogP contribution in [0, 0.1) is 0 Å². The smallest absolute Gasteiger partial charge is 0.375 e. The lowest BCUT2D eigenvalue weighted by molar-refractivity contribution is -0.213. The van der Waals surface area contributed by atoms with Gasteiger partial charge in [0.25, 0.3) is 11.8 Å². The van der Waals surface area contributed by atoms with Crippen molar-refractivity contribution in [3.8, 4) is 0 Å². The van der Waals surface area contributed by atoms with Gasteiger partial charge in [0.2, 0.25) is 0 Å². The van der Waals surface area contributed by atoms with Crippen molar-refractivity contribution < 1.29 is 36.6 Å². The number of amides is 2. The molecule has 0 spiro atoms. The topological polar surface area (TPSA) is 76.7 Å². The molecule has 0 aliphatic carbocycles. The van der Waals surface area contributed by atoms with Crippen LogP contribution in [0.3, 0.4) is 0 Å². The van der Waals surface area contributed by atoms with Crippen molar-refractivity contribution in [2.75, 3.05) is 0 Å². The van der Waals surface area contributed by atoms with Crippen molar-refractivity contribution in [1.82, 2.24) is 10.6 Å². The molecule has 28 heavy (non-hydrogen) atoms. The summed E-state index contributed by atoms with van der Waals surface area (Å²) in [4.78, 5) is 23.8. The highest BCUT2D eigenvalue weighted by Gasteiger charge is 2.67. The lowest BCUT2D eigenvalue weighted by Crippen LogP contribution is -2.62. The molecule has 0 radical (unpaired) electrons. The molecule has 2 heterocycles. The Morgan fingerprint density at radius 1 is 0.679 bits per heavy atom. The summed E-state index contributed by atoms with van der Waals surface area (Å²) in [5.74, 6) is -14.7. The van der Waals surface area contributed by atoms with Gasteiger partial charge in [-0.15, -0.1) is 0 Å². The van der Waals surface area contributed by atoms with Crippen LogP contribution in [0.25, 0.3) is 0 Å². The van der Waals surface area contributed by atoms with E-state index < -0.39 is 35.7 Å². The molecule has 0 bridgehead atoms. The molecule has 162 valence electrons. The fraction of sp³-hybridized carbons (Fsp3) is 0.889. The first kappa shape index (κ1) is 22.9. The van der Waals surface area contributed by atoms with Crippen LogP contribution in [0.2, 0.25) is 0 Å². The normalized spacial score (nSPS) is 34.6. The molecule has 2 fully saturated rings. The third-order valence-electron chi connectivity index (χ3n) is 5.03. The number of rotatable bonds is 5. The molecule has 0 aromatic carbocycles. The van der Waals surface area contributed by atoms with Crippen LogP contribution in [-0.4, -0.2) is 60.2 Å². The summed E-state index contributed by atoms with van der Waals surface area (Å²) in [5.41, 5.74) is 0. The number of carbonyl (C=O) groups is 2. The number of carbonyl (C=O) groups excluding carboxylic acids is 2. The average Bonchev–Trinajstić information content (AvgIpc) is 2.52. The van der Waals surface area contributed by atoms with E-state index in [-0.39, 0.29) is 50.1 Å². The van der Waals surface area contributed by atoms with Gasteiger partial charge in [-0.3, -0.25) is 9.59 Å². The number of nitrogens with one attached hydrogen (secondary N) is 2. The largest absolute Gasteiger partial charge is 0.395 e. The van der Waals surface area contributed by atoms with Crippen LogP contribution in [0.5, 0.6) is 0 Å². The van der Waals surface area contributed by atoms with Gasteiger partial charge in [-0.2, -0.15) is 17.6 Å². The Labute approximate surface area is 161 Å². The van der Waals surface area contributed by atoms with E-state index in [1.807, 2.05) is 10.6 Å². The van der Waals surface area contributed by atoms with Gasteiger partial charge < -0.3 is 20.1 Å². The summed E-state index contributed by atoms with van der Waals surface area (Å²) >= 11 is 0. The minimum atomic E-state index is -5.18. The van der Waals surface area contributed by atoms with Gasteiger partial charge in [-0.25, -0.2) is 0 Å². The van der Waals surface area contributed by atoms with Gasteiger partial charge in [0, 0.05) is 12.1 Å². The Morgan fingerprint density at radius 2 is 0.929 bits per heavy atom. The number of alkyl halides is 4. The van der Waals surface area contributed by atoms with Gasteiger partial charge in [0.15, 0.2) is 0 Å². The molecule has 4 unspecified atom stereocenters. The molecule has 2 aliphatic heterocycles. The molecule has 2 aliphatic rings. The Kier molecular flexibility index (Phi) is 6.96. The molecular weight excluding hydrogens is 384 g/mol. The number of halogens is 4. The van der Waals surface area contributed by atoms with E-state index >= 15 is 0 Å². The minimum Gasteiger partial charge on any atom is -0.375 e. The van der Waals surface area contributed by atoms with Crippen LogP contribution >= 0.6 is 0 Å². The highest BCUT2D eigenvalue weighted by molar-refractivity contribution is 5.95. The Balaban J connectivity index is 2.02. The van der Waals surface area contributed by atoms with Gasteiger partial charge in [0.05, 0.1) is 24.4 Å². The van der Waals surface area contributed by atoms with Gasteiger partial charge in [-0.1, -0.05) is 0 Å². The van der Waals surface area contributed by atoms with Crippen LogP contribution < -0.4 is 10.6 Å². The molecule has 0 saturated carbocycles. The molecule has 4 atom stereocenters. The zero-order valence-electron chi connectivity index (χ0n) is 16.4. The fourth-order valence-corrected chi connectivity index (χ4v) is 3.88. The third-order valence-corrected chi connectivity index (χ3v) is 5.03. The Hall–Kier alpha value is -1.42. The van der Waals surface area contributed by atoms with E-state index in [4.69, 9.17) is 9.47 Å². The molecule has 0 aromatic heterocycles. The SMILES string of the molecule is CC1CC(NC(=O)C(F)(F)C(F)(F)C(=O)NC2CC(C)OC(C)C2)CC(C)O1. The average molecular weight is 412 g/mol. The molecule has 2 amide bonds. The third kappa shape index (κ3) is 5.14. The molecule has 2 N–H and O–H groups in total.